The quantitative estimate of drug-likeness (QED) is 0.888. The first-order valence-electron chi connectivity index (χ1n) is 5.82. The van der Waals surface area contributed by atoms with E-state index in [0.29, 0.717) is 16.3 Å². The average molecular weight is 313 g/mol. The smallest absolute Gasteiger partial charge is 0.262 e. The van der Waals surface area contributed by atoms with E-state index in [0.717, 1.165) is 5.56 Å². The molecule has 0 aliphatic rings. The number of thiophene rings is 1. The van der Waals surface area contributed by atoms with Gasteiger partial charge in [-0.25, -0.2) is 8.42 Å². The molecular formula is C13H15NO4S2. The van der Waals surface area contributed by atoms with Crippen LogP contribution in [-0.2, 0) is 16.6 Å². The number of anilines is 1. The van der Waals surface area contributed by atoms with Crippen LogP contribution in [0.4, 0.5) is 5.69 Å². The molecule has 0 bridgehead atoms. The maximum Gasteiger partial charge on any atom is 0.262 e. The zero-order chi connectivity index (χ0) is 14.8. The highest BCUT2D eigenvalue weighted by atomic mass is 32.2. The van der Waals surface area contributed by atoms with Crippen molar-refractivity contribution in [3.63, 3.8) is 0 Å². The molecule has 1 heterocycles. The molecule has 0 spiro atoms. The minimum Gasteiger partial charge on any atom is -0.496 e. The van der Waals surface area contributed by atoms with Gasteiger partial charge in [0.05, 0.1) is 18.6 Å². The van der Waals surface area contributed by atoms with E-state index in [1.54, 1.807) is 25.3 Å². The van der Waals surface area contributed by atoms with Gasteiger partial charge >= 0.3 is 0 Å². The van der Waals surface area contributed by atoms with E-state index in [1.165, 1.54) is 22.8 Å². The number of rotatable bonds is 5. The van der Waals surface area contributed by atoms with Gasteiger partial charge in [-0.15, -0.1) is 11.3 Å². The van der Waals surface area contributed by atoms with E-state index in [2.05, 4.69) is 4.72 Å². The molecule has 0 amide bonds. The number of ether oxygens (including phenoxy) is 1. The van der Waals surface area contributed by atoms with Crippen molar-refractivity contribution >= 4 is 27.0 Å². The lowest BCUT2D eigenvalue weighted by atomic mass is 10.2. The van der Waals surface area contributed by atoms with Gasteiger partial charge in [0, 0.05) is 15.9 Å². The van der Waals surface area contributed by atoms with Crippen molar-refractivity contribution in [3.8, 4) is 5.75 Å². The van der Waals surface area contributed by atoms with E-state index >= 15 is 0 Å². The van der Waals surface area contributed by atoms with Crippen molar-refractivity contribution in [3.05, 3.63) is 40.1 Å². The molecule has 0 aliphatic heterocycles. The predicted molar refractivity (Wildman–Crippen MR) is 78.8 cm³/mol. The first-order valence-corrected chi connectivity index (χ1v) is 8.18. The Morgan fingerprint density at radius 3 is 2.65 bits per heavy atom. The SMILES string of the molecule is COc1ccc(NS(=O)(=O)c2csc(CO)c2)cc1C. The summed E-state index contributed by atoms with van der Waals surface area (Å²) >= 11 is 1.21. The lowest BCUT2D eigenvalue weighted by molar-refractivity contribution is 0.285. The summed E-state index contributed by atoms with van der Waals surface area (Å²) in [4.78, 5) is 0.760. The second-order valence-electron chi connectivity index (χ2n) is 4.20. The lowest BCUT2D eigenvalue weighted by Crippen LogP contribution is -2.12. The van der Waals surface area contributed by atoms with Crippen LogP contribution in [0.2, 0.25) is 0 Å². The van der Waals surface area contributed by atoms with E-state index < -0.39 is 10.0 Å². The Kier molecular flexibility index (Phi) is 4.32. The topological polar surface area (TPSA) is 75.6 Å². The van der Waals surface area contributed by atoms with Gasteiger partial charge in [0.1, 0.15) is 5.75 Å². The van der Waals surface area contributed by atoms with Crippen LogP contribution in [0.15, 0.2) is 34.5 Å². The van der Waals surface area contributed by atoms with Crippen LogP contribution < -0.4 is 9.46 Å². The zero-order valence-electron chi connectivity index (χ0n) is 11.1. The highest BCUT2D eigenvalue weighted by Crippen LogP contribution is 2.25. The predicted octanol–water partition coefficient (Wildman–Crippen LogP) is 2.36. The van der Waals surface area contributed by atoms with Crippen molar-refractivity contribution in [1.29, 1.82) is 0 Å². The van der Waals surface area contributed by atoms with Crippen molar-refractivity contribution in [2.75, 3.05) is 11.8 Å². The number of methoxy groups -OCH3 is 1. The maximum absolute atomic E-state index is 12.2. The molecule has 108 valence electrons. The Bertz CT molecular complexity index is 707. The molecule has 0 aliphatic carbocycles. The normalized spacial score (nSPS) is 11.3. The number of aryl methyl sites for hydroxylation is 1. The minimum atomic E-state index is -3.63. The van der Waals surface area contributed by atoms with Gasteiger partial charge in [-0.2, -0.15) is 0 Å². The fraction of sp³-hybridized carbons (Fsp3) is 0.231. The van der Waals surface area contributed by atoms with Crippen LogP contribution in [0.3, 0.4) is 0 Å². The highest BCUT2D eigenvalue weighted by molar-refractivity contribution is 7.92. The Balaban J connectivity index is 2.26. The molecule has 2 aromatic rings. The van der Waals surface area contributed by atoms with Gasteiger partial charge in [0.2, 0.25) is 0 Å². The van der Waals surface area contributed by atoms with Gasteiger partial charge < -0.3 is 9.84 Å². The van der Waals surface area contributed by atoms with Crippen molar-refractivity contribution in [2.45, 2.75) is 18.4 Å². The number of aliphatic hydroxyl groups is 1. The van der Waals surface area contributed by atoms with E-state index in [-0.39, 0.29) is 11.5 Å². The van der Waals surface area contributed by atoms with Crippen molar-refractivity contribution in [1.82, 2.24) is 0 Å². The van der Waals surface area contributed by atoms with Crippen LogP contribution >= 0.6 is 11.3 Å². The van der Waals surface area contributed by atoms with Crippen LogP contribution in [0.1, 0.15) is 10.4 Å². The first kappa shape index (κ1) is 14.8. The fourth-order valence-electron chi connectivity index (χ4n) is 1.74. The highest BCUT2D eigenvalue weighted by Gasteiger charge is 2.16. The fourth-order valence-corrected chi connectivity index (χ4v) is 3.92. The second-order valence-corrected chi connectivity index (χ2v) is 6.87. The van der Waals surface area contributed by atoms with Gasteiger partial charge in [0.25, 0.3) is 10.0 Å². The lowest BCUT2D eigenvalue weighted by Gasteiger charge is -2.09. The van der Waals surface area contributed by atoms with E-state index in [1.807, 2.05) is 6.92 Å². The molecule has 2 rings (SSSR count). The molecule has 7 heteroatoms. The number of hydrogen-bond acceptors (Lipinski definition) is 5. The minimum absolute atomic E-state index is 0.153. The summed E-state index contributed by atoms with van der Waals surface area (Å²) in [7, 11) is -2.07. The molecule has 20 heavy (non-hydrogen) atoms. The maximum atomic E-state index is 12.2. The number of benzene rings is 1. The summed E-state index contributed by atoms with van der Waals surface area (Å²) in [5.41, 5.74) is 1.31. The number of nitrogens with one attached hydrogen (secondary N) is 1. The summed E-state index contributed by atoms with van der Waals surface area (Å²) in [5, 5.41) is 10.5. The first-order chi connectivity index (χ1) is 9.46. The molecular weight excluding hydrogens is 298 g/mol. The molecule has 0 saturated carbocycles. The second kappa shape index (κ2) is 5.82. The third-order valence-corrected chi connectivity index (χ3v) is 5.17. The molecule has 0 fully saturated rings. The summed E-state index contributed by atoms with van der Waals surface area (Å²) in [5.74, 6) is 0.700. The average Bonchev–Trinajstić information content (AvgIpc) is 2.88. The third-order valence-electron chi connectivity index (χ3n) is 2.74. The molecule has 5 nitrogen and oxygen atoms in total. The Morgan fingerprint density at radius 2 is 2.10 bits per heavy atom. The standard InChI is InChI=1S/C13H15NO4S2/c1-9-5-10(3-4-13(9)18-2)14-20(16,17)12-6-11(7-15)19-8-12/h3-6,8,14-15H,7H2,1-2H3. The number of aliphatic hydroxyl groups excluding tert-OH is 1. The zero-order valence-corrected chi connectivity index (χ0v) is 12.7. The van der Waals surface area contributed by atoms with Gasteiger partial charge in [-0.05, 0) is 36.8 Å². The molecule has 2 N–H and O–H groups in total. The number of hydrogen-bond donors (Lipinski definition) is 2. The van der Waals surface area contributed by atoms with Gasteiger partial charge in [0.15, 0.2) is 0 Å². The molecule has 0 saturated heterocycles. The van der Waals surface area contributed by atoms with Crippen molar-refractivity contribution in [2.24, 2.45) is 0 Å². The van der Waals surface area contributed by atoms with Crippen LogP contribution in [0.25, 0.3) is 0 Å². The summed E-state index contributed by atoms with van der Waals surface area (Å²) in [6, 6.07) is 6.52. The molecule has 1 aromatic heterocycles. The number of sulfonamides is 1. The molecule has 0 atom stereocenters. The third kappa shape index (κ3) is 3.12. The monoisotopic (exact) mass is 313 g/mol. The van der Waals surface area contributed by atoms with Crippen LogP contribution in [0.5, 0.6) is 5.75 Å². The van der Waals surface area contributed by atoms with Gasteiger partial charge in [-0.1, -0.05) is 0 Å². The summed E-state index contributed by atoms with van der Waals surface area (Å²) in [6.07, 6.45) is 0. The van der Waals surface area contributed by atoms with E-state index in [4.69, 9.17) is 9.84 Å². The molecule has 1 aromatic carbocycles. The van der Waals surface area contributed by atoms with Gasteiger partial charge in [-0.3, -0.25) is 4.72 Å². The Morgan fingerprint density at radius 1 is 1.35 bits per heavy atom. The summed E-state index contributed by atoms with van der Waals surface area (Å²) in [6.45, 7) is 1.67. The van der Waals surface area contributed by atoms with E-state index in [9.17, 15) is 8.42 Å². The molecule has 0 unspecified atom stereocenters. The van der Waals surface area contributed by atoms with Crippen molar-refractivity contribution < 1.29 is 18.3 Å². The van der Waals surface area contributed by atoms with Crippen LogP contribution in [-0.4, -0.2) is 20.6 Å². The Labute approximate surface area is 121 Å². The summed E-state index contributed by atoms with van der Waals surface area (Å²) < 4.78 is 32.0. The molecule has 0 radical (unpaired) electrons. The Hall–Kier alpha value is -1.57. The largest absolute Gasteiger partial charge is 0.496 e. The van der Waals surface area contributed by atoms with Crippen LogP contribution in [0, 0.1) is 6.92 Å².